The van der Waals surface area contributed by atoms with Gasteiger partial charge in [-0.25, -0.2) is 4.39 Å². The Bertz CT molecular complexity index is 393. The zero-order chi connectivity index (χ0) is 23.0. The third-order valence-corrected chi connectivity index (χ3v) is 3.80. The Morgan fingerprint density at radius 3 is 1.58 bits per heavy atom. The van der Waals surface area contributed by atoms with Crippen LogP contribution in [0.25, 0.3) is 0 Å². The van der Waals surface area contributed by atoms with E-state index < -0.39 is 6.17 Å². The number of alkyl halides is 1. The minimum absolute atomic E-state index is 0.0273. The first kappa shape index (κ1) is 30.1. The van der Waals surface area contributed by atoms with E-state index >= 15 is 0 Å². The van der Waals surface area contributed by atoms with Gasteiger partial charge in [0.25, 0.3) is 0 Å². The summed E-state index contributed by atoms with van der Waals surface area (Å²) in [6, 6.07) is 0.475. The van der Waals surface area contributed by atoms with Gasteiger partial charge in [0, 0.05) is 19.0 Å². The van der Waals surface area contributed by atoms with Crippen LogP contribution < -0.4 is 10.6 Å². The number of rotatable bonds is 24. The van der Waals surface area contributed by atoms with Crippen molar-refractivity contribution < 1.29 is 37.6 Å². The van der Waals surface area contributed by atoms with Gasteiger partial charge >= 0.3 is 0 Å². The summed E-state index contributed by atoms with van der Waals surface area (Å²) in [6.07, 6.45) is -0.869. The largest absolute Gasteiger partial charge is 0.378 e. The molecule has 0 aliphatic heterocycles. The predicted octanol–water partition coefficient (Wildman–Crippen LogP) is 0.948. The first-order valence-electron chi connectivity index (χ1n) is 11.2. The highest BCUT2D eigenvalue weighted by Gasteiger charge is 2.07. The molecule has 0 aromatic carbocycles. The lowest BCUT2D eigenvalue weighted by atomic mass is 10.4. The van der Waals surface area contributed by atoms with E-state index in [0.717, 1.165) is 6.54 Å². The van der Waals surface area contributed by atoms with Crippen LogP contribution in [0.5, 0.6) is 0 Å². The molecule has 0 bridgehead atoms. The summed E-state index contributed by atoms with van der Waals surface area (Å²) in [5, 5.41) is 5.76. The second kappa shape index (κ2) is 23.8. The molecule has 0 spiro atoms. The number of ether oxygens (including phenoxy) is 6. The summed E-state index contributed by atoms with van der Waals surface area (Å²) in [5.41, 5.74) is 0. The fraction of sp³-hybridized carbons (Fsp3) is 0.952. The second-order valence-corrected chi connectivity index (χ2v) is 7.00. The standard InChI is InChI=1S/C21H43FN2O7/c1-4-21(25)24-17-20(22)18-31-16-15-30-14-13-29-12-11-28-10-9-27-8-7-26-6-5-23-19(2)3/h19-20,23H,4-18H2,1-3H3,(H,24,25). The maximum Gasteiger partial charge on any atom is 0.219 e. The third kappa shape index (κ3) is 25.3. The van der Waals surface area contributed by atoms with E-state index in [1.54, 1.807) is 6.92 Å². The zero-order valence-electron chi connectivity index (χ0n) is 19.5. The SMILES string of the molecule is CCC(=O)NCC(F)COCCOCCOCCOCCOCCOCCNC(C)C. The van der Waals surface area contributed by atoms with Gasteiger partial charge in [-0.15, -0.1) is 0 Å². The molecule has 0 fully saturated rings. The maximum absolute atomic E-state index is 13.4. The van der Waals surface area contributed by atoms with Crippen molar-refractivity contribution in [3.05, 3.63) is 0 Å². The lowest BCUT2D eigenvalue weighted by Gasteiger charge is -2.10. The maximum atomic E-state index is 13.4. The molecule has 31 heavy (non-hydrogen) atoms. The first-order valence-corrected chi connectivity index (χ1v) is 11.2. The number of halogens is 1. The van der Waals surface area contributed by atoms with Gasteiger partial charge in [-0.05, 0) is 0 Å². The number of nitrogens with one attached hydrogen (secondary N) is 2. The fourth-order valence-electron chi connectivity index (χ4n) is 2.14. The lowest BCUT2D eigenvalue weighted by Crippen LogP contribution is -2.32. The van der Waals surface area contributed by atoms with Gasteiger partial charge in [-0.1, -0.05) is 20.8 Å². The Balaban J connectivity index is 3.11. The lowest BCUT2D eigenvalue weighted by molar-refractivity contribution is -0.121. The molecule has 0 radical (unpaired) electrons. The summed E-state index contributed by atoms with van der Waals surface area (Å²) in [5.74, 6) is -0.170. The van der Waals surface area contributed by atoms with Crippen molar-refractivity contribution >= 4 is 5.91 Å². The molecule has 0 heterocycles. The zero-order valence-corrected chi connectivity index (χ0v) is 19.5. The molecule has 186 valence electrons. The average Bonchev–Trinajstić information content (AvgIpc) is 2.75. The van der Waals surface area contributed by atoms with E-state index in [2.05, 4.69) is 24.5 Å². The van der Waals surface area contributed by atoms with Crippen LogP contribution in [0.1, 0.15) is 27.2 Å². The van der Waals surface area contributed by atoms with Gasteiger partial charge in [0.1, 0.15) is 6.17 Å². The van der Waals surface area contributed by atoms with Gasteiger partial charge in [-0.2, -0.15) is 0 Å². The third-order valence-electron chi connectivity index (χ3n) is 3.80. The molecule has 0 saturated carbocycles. The fourth-order valence-corrected chi connectivity index (χ4v) is 2.14. The van der Waals surface area contributed by atoms with E-state index in [4.69, 9.17) is 28.4 Å². The number of amides is 1. The molecule has 1 unspecified atom stereocenters. The Hall–Kier alpha value is -0.880. The Labute approximate surface area is 186 Å². The summed E-state index contributed by atoms with van der Waals surface area (Å²) in [7, 11) is 0. The molecule has 0 saturated heterocycles. The van der Waals surface area contributed by atoms with E-state index in [1.807, 2.05) is 0 Å². The van der Waals surface area contributed by atoms with E-state index in [9.17, 15) is 9.18 Å². The number of carbonyl (C=O) groups is 1. The Morgan fingerprint density at radius 1 is 0.742 bits per heavy atom. The molecule has 0 rings (SSSR count). The quantitative estimate of drug-likeness (QED) is 0.208. The van der Waals surface area contributed by atoms with E-state index in [-0.39, 0.29) is 19.1 Å². The van der Waals surface area contributed by atoms with E-state index in [0.29, 0.717) is 85.1 Å². The molecule has 9 nitrogen and oxygen atoms in total. The molecule has 0 aromatic rings. The molecule has 0 aliphatic carbocycles. The number of hydrogen-bond acceptors (Lipinski definition) is 8. The highest BCUT2D eigenvalue weighted by molar-refractivity contribution is 5.75. The highest BCUT2D eigenvalue weighted by Crippen LogP contribution is 1.92. The molecular formula is C21H43FN2O7. The second-order valence-electron chi connectivity index (χ2n) is 7.00. The molecule has 1 amide bonds. The summed E-state index contributed by atoms with van der Waals surface area (Å²) in [6.45, 7) is 12.1. The molecule has 0 aliphatic rings. The van der Waals surface area contributed by atoms with Crippen LogP contribution in [0.3, 0.4) is 0 Å². The monoisotopic (exact) mass is 454 g/mol. The normalized spacial score (nSPS) is 12.4. The van der Waals surface area contributed by atoms with Crippen LogP contribution in [0.15, 0.2) is 0 Å². The van der Waals surface area contributed by atoms with Crippen LogP contribution in [0.2, 0.25) is 0 Å². The van der Waals surface area contributed by atoms with Crippen LogP contribution in [-0.2, 0) is 33.2 Å². The van der Waals surface area contributed by atoms with Gasteiger partial charge < -0.3 is 39.1 Å². The highest BCUT2D eigenvalue weighted by atomic mass is 19.1. The smallest absolute Gasteiger partial charge is 0.219 e. The van der Waals surface area contributed by atoms with Crippen LogP contribution in [0.4, 0.5) is 4.39 Å². The van der Waals surface area contributed by atoms with Crippen molar-refractivity contribution in [1.82, 2.24) is 10.6 Å². The number of hydrogen-bond donors (Lipinski definition) is 2. The van der Waals surface area contributed by atoms with Crippen molar-refractivity contribution in [2.75, 3.05) is 92.4 Å². The molecule has 0 aromatic heterocycles. The minimum atomic E-state index is -1.21. The molecular weight excluding hydrogens is 411 g/mol. The summed E-state index contributed by atoms with van der Waals surface area (Å²) in [4.78, 5) is 11.0. The topological polar surface area (TPSA) is 96.5 Å². The van der Waals surface area contributed by atoms with Crippen LogP contribution in [-0.4, -0.2) is 110 Å². The molecule has 10 heteroatoms. The van der Waals surface area contributed by atoms with Gasteiger partial charge in [0.2, 0.25) is 5.91 Å². The van der Waals surface area contributed by atoms with Crippen molar-refractivity contribution in [1.29, 1.82) is 0 Å². The minimum Gasteiger partial charge on any atom is -0.378 e. The van der Waals surface area contributed by atoms with Gasteiger partial charge in [0.05, 0.1) is 85.8 Å². The van der Waals surface area contributed by atoms with Crippen molar-refractivity contribution in [3.63, 3.8) is 0 Å². The van der Waals surface area contributed by atoms with Crippen molar-refractivity contribution in [3.8, 4) is 0 Å². The van der Waals surface area contributed by atoms with Crippen LogP contribution in [0, 0.1) is 0 Å². The Kier molecular flexibility index (Phi) is 23.1. The van der Waals surface area contributed by atoms with E-state index in [1.165, 1.54) is 0 Å². The van der Waals surface area contributed by atoms with Gasteiger partial charge in [-0.3, -0.25) is 4.79 Å². The predicted molar refractivity (Wildman–Crippen MR) is 116 cm³/mol. The van der Waals surface area contributed by atoms with Crippen molar-refractivity contribution in [2.24, 2.45) is 0 Å². The van der Waals surface area contributed by atoms with Crippen molar-refractivity contribution in [2.45, 2.75) is 39.4 Å². The average molecular weight is 455 g/mol. The number of carbonyl (C=O) groups excluding carboxylic acids is 1. The molecule has 2 N–H and O–H groups in total. The van der Waals surface area contributed by atoms with Crippen LogP contribution >= 0.6 is 0 Å². The Morgan fingerprint density at radius 2 is 1.16 bits per heavy atom. The summed E-state index contributed by atoms with van der Waals surface area (Å²) < 4.78 is 45.5. The first-order chi connectivity index (χ1) is 15.1. The summed E-state index contributed by atoms with van der Waals surface area (Å²) >= 11 is 0. The van der Waals surface area contributed by atoms with Gasteiger partial charge in [0.15, 0.2) is 0 Å². The molecule has 1 atom stereocenters.